The number of carboxylic acid groups (broad SMARTS) is 1. The molecule has 17 heteroatoms. The zero-order valence-electron chi connectivity index (χ0n) is 26.4. The lowest BCUT2D eigenvalue weighted by molar-refractivity contribution is -0.150. The van der Waals surface area contributed by atoms with Crippen molar-refractivity contribution in [1.82, 2.24) is 45.0 Å². The van der Waals surface area contributed by atoms with Gasteiger partial charge in [-0.2, -0.15) is 14.8 Å². The van der Waals surface area contributed by atoms with Crippen LogP contribution in [0, 0.1) is 0 Å². The first-order valence-electron chi connectivity index (χ1n) is 16.0. The van der Waals surface area contributed by atoms with E-state index in [0.29, 0.717) is 49.0 Å². The average Bonchev–Trinajstić information content (AvgIpc) is 3.93. The third-order valence-corrected chi connectivity index (χ3v) is 8.81. The fourth-order valence-electron chi connectivity index (χ4n) is 6.27. The minimum Gasteiger partial charge on any atom is -0.474 e. The van der Waals surface area contributed by atoms with Crippen molar-refractivity contribution in [3.8, 4) is 0 Å². The second kappa shape index (κ2) is 13.5. The quantitative estimate of drug-likeness (QED) is 0.130. The maximum atomic E-state index is 11.9. The third kappa shape index (κ3) is 6.38. The normalized spacial score (nSPS) is 22.2. The molecule has 0 aliphatic carbocycles. The predicted octanol–water partition coefficient (Wildman–Crippen LogP) is 0.848. The minimum atomic E-state index is -1.55. The van der Waals surface area contributed by atoms with Crippen LogP contribution in [0.15, 0.2) is 67.0 Å². The maximum absolute atomic E-state index is 11.9. The fourth-order valence-corrected chi connectivity index (χ4v) is 6.27. The molecule has 254 valence electrons. The lowest BCUT2D eigenvalue weighted by atomic mass is 9.91. The largest absolute Gasteiger partial charge is 0.474 e. The Morgan fingerprint density at radius 3 is 2.39 bits per heavy atom. The van der Waals surface area contributed by atoms with Gasteiger partial charge in [-0.05, 0) is 29.7 Å². The van der Waals surface area contributed by atoms with Crippen molar-refractivity contribution in [3.63, 3.8) is 0 Å². The number of imidazole rings is 1. The summed E-state index contributed by atoms with van der Waals surface area (Å²) in [6.45, 7) is 3.49. The number of rotatable bonds is 10. The molecule has 5 heterocycles. The summed E-state index contributed by atoms with van der Waals surface area (Å²) < 4.78 is 7.67. The number of hydrogen-bond donors (Lipinski definition) is 5. The van der Waals surface area contributed by atoms with Crippen LogP contribution in [-0.2, 0) is 20.9 Å². The Labute approximate surface area is 279 Å². The van der Waals surface area contributed by atoms with Gasteiger partial charge in [0.2, 0.25) is 11.8 Å². The van der Waals surface area contributed by atoms with E-state index in [4.69, 9.17) is 19.8 Å². The number of ether oxygens (including phenoxy) is 1. The Hall–Kier alpha value is -5.52. The number of aliphatic hydroxyl groups excluding tert-OH is 2. The van der Waals surface area contributed by atoms with Crippen LogP contribution in [0.3, 0.4) is 0 Å². The zero-order valence-corrected chi connectivity index (χ0v) is 26.4. The van der Waals surface area contributed by atoms with Crippen LogP contribution in [-0.4, -0.2) is 105 Å². The van der Waals surface area contributed by atoms with Crippen LogP contribution in [0.4, 0.5) is 11.8 Å². The summed E-state index contributed by atoms with van der Waals surface area (Å²) in [4.78, 5) is 40.5. The number of aryl methyl sites for hydroxylation is 1. The summed E-state index contributed by atoms with van der Waals surface area (Å²) in [5.74, 6) is -1.81. The van der Waals surface area contributed by atoms with Crippen molar-refractivity contribution in [3.05, 3.63) is 83.9 Å². The molecule has 2 fully saturated rings. The molecule has 7 rings (SSSR count). The summed E-state index contributed by atoms with van der Waals surface area (Å²) >= 11 is 0. The number of nitrogens with zero attached hydrogens (tertiary/aromatic N) is 9. The number of fused-ring (bicyclic) bond motifs is 1. The molecule has 2 saturated heterocycles. The van der Waals surface area contributed by atoms with Crippen molar-refractivity contribution < 1.29 is 29.6 Å². The first-order chi connectivity index (χ1) is 23.8. The Morgan fingerprint density at radius 1 is 1.02 bits per heavy atom. The maximum Gasteiger partial charge on any atom is 0.394 e. The Morgan fingerprint density at radius 2 is 1.73 bits per heavy atom. The van der Waals surface area contributed by atoms with E-state index in [1.165, 1.54) is 15.7 Å². The molecule has 0 spiro atoms. The van der Waals surface area contributed by atoms with E-state index in [9.17, 15) is 19.8 Å². The number of benzene rings is 2. The van der Waals surface area contributed by atoms with Gasteiger partial charge in [-0.15, -0.1) is 10.2 Å². The van der Waals surface area contributed by atoms with Crippen molar-refractivity contribution in [1.29, 1.82) is 0 Å². The second-order valence-corrected chi connectivity index (χ2v) is 11.9. The number of nitrogens with one attached hydrogen (secondary N) is 2. The topological polar surface area (TPSA) is 219 Å². The van der Waals surface area contributed by atoms with Gasteiger partial charge in [0, 0.05) is 31.6 Å². The van der Waals surface area contributed by atoms with E-state index in [1.54, 1.807) is 0 Å². The van der Waals surface area contributed by atoms with Gasteiger partial charge in [-0.1, -0.05) is 60.7 Å². The van der Waals surface area contributed by atoms with Crippen LogP contribution >= 0.6 is 0 Å². The van der Waals surface area contributed by atoms with Gasteiger partial charge in [0.1, 0.15) is 12.2 Å². The van der Waals surface area contributed by atoms with Crippen LogP contribution in [0.1, 0.15) is 48.5 Å². The molecule has 0 radical (unpaired) electrons. The molecular weight excluding hydrogens is 634 g/mol. The van der Waals surface area contributed by atoms with Crippen molar-refractivity contribution >= 4 is 34.8 Å². The monoisotopic (exact) mass is 669 g/mol. The summed E-state index contributed by atoms with van der Waals surface area (Å²) in [7, 11) is 0. The Kier molecular flexibility index (Phi) is 8.85. The number of aliphatic hydroxyl groups is 2. The van der Waals surface area contributed by atoms with Crippen molar-refractivity contribution in [2.45, 2.75) is 56.4 Å². The van der Waals surface area contributed by atoms with E-state index in [-0.39, 0.29) is 18.3 Å². The number of aliphatic carboxylic acids is 1. The molecule has 2 aliphatic heterocycles. The molecule has 5 N–H and O–H groups in total. The number of anilines is 2. The third-order valence-electron chi connectivity index (χ3n) is 8.81. The van der Waals surface area contributed by atoms with Crippen molar-refractivity contribution in [2.75, 3.05) is 29.9 Å². The number of tetrazole rings is 1. The molecule has 2 aromatic carbocycles. The number of aromatic nitrogens is 8. The molecule has 0 saturated carbocycles. The van der Waals surface area contributed by atoms with Gasteiger partial charge in [-0.3, -0.25) is 9.36 Å². The van der Waals surface area contributed by atoms with Gasteiger partial charge >= 0.3 is 11.9 Å². The van der Waals surface area contributed by atoms with Gasteiger partial charge in [0.25, 0.3) is 0 Å². The first-order valence-corrected chi connectivity index (χ1v) is 16.0. The molecule has 3 aromatic heterocycles. The Balaban J connectivity index is 1.24. The van der Waals surface area contributed by atoms with Crippen molar-refractivity contribution in [2.24, 2.45) is 0 Å². The number of hydrogen-bond acceptors (Lipinski definition) is 13. The van der Waals surface area contributed by atoms with Gasteiger partial charge < -0.3 is 35.6 Å². The summed E-state index contributed by atoms with van der Waals surface area (Å²) in [5, 5.41) is 49.4. The lowest BCUT2D eigenvalue weighted by Gasteiger charge is -2.22. The number of amides is 1. The molecule has 5 atom stereocenters. The number of carbonyl (C=O) groups excluding carboxylic acids is 1. The standard InChI is InChI=1S/C32H35N11O6/c1-2-43-39-27(38-40-43)25-23(44)24(45)30(49-25)42-17-34-22-26(33-15-21(18-9-5-3-6-10-18)19-11-7-4-8-12-19)36-32(37-28(22)42)41-14-13-20(16-41)35-29(46)31(47)48/h3-12,17,20-21,23-25,30,44-45H,2,13-16H2,1H3,(H,35,46)(H,47,48)(H,33,36,37)/t20-,23+,24-,25+,30-/m1/s1. The SMILES string of the molecule is CCn1nnc([C@H]2O[C@@H](n3cnc4c(NCC(c5ccccc5)c5ccccc5)nc(N5CC[C@@H](NC(=O)C(=O)O)C5)nc43)[C@H](O)[C@@H]2O)n1. The second-order valence-electron chi connectivity index (χ2n) is 11.9. The molecule has 5 aromatic rings. The van der Waals surface area contributed by atoms with Crippen LogP contribution < -0.4 is 15.5 Å². The lowest BCUT2D eigenvalue weighted by Crippen LogP contribution is -2.41. The summed E-state index contributed by atoms with van der Waals surface area (Å²) in [6, 6.07) is 19.8. The highest BCUT2D eigenvalue weighted by Crippen LogP contribution is 2.39. The molecule has 0 bridgehead atoms. The van der Waals surface area contributed by atoms with Gasteiger partial charge in [0.15, 0.2) is 29.3 Å². The first kappa shape index (κ1) is 32.0. The number of carbonyl (C=O) groups is 2. The molecule has 49 heavy (non-hydrogen) atoms. The molecular formula is C32H35N11O6. The summed E-state index contributed by atoms with van der Waals surface area (Å²) in [6.07, 6.45) is -2.93. The van der Waals surface area contributed by atoms with E-state index < -0.39 is 42.5 Å². The Bertz CT molecular complexity index is 1900. The van der Waals surface area contributed by atoms with E-state index in [1.807, 2.05) is 48.2 Å². The van der Waals surface area contributed by atoms with Gasteiger partial charge in [0.05, 0.1) is 12.9 Å². The fraction of sp³-hybridized carbons (Fsp3) is 0.375. The smallest absolute Gasteiger partial charge is 0.394 e. The highest BCUT2D eigenvalue weighted by Gasteiger charge is 2.47. The van der Waals surface area contributed by atoms with Crippen LogP contribution in [0.2, 0.25) is 0 Å². The predicted molar refractivity (Wildman–Crippen MR) is 173 cm³/mol. The average molecular weight is 670 g/mol. The van der Waals surface area contributed by atoms with Crippen LogP contribution in [0.25, 0.3) is 11.2 Å². The minimum absolute atomic E-state index is 0.0414. The molecule has 2 aliphatic rings. The van der Waals surface area contributed by atoms with E-state index in [2.05, 4.69) is 55.3 Å². The molecule has 0 unspecified atom stereocenters. The summed E-state index contributed by atoms with van der Waals surface area (Å²) in [5.41, 5.74) is 2.93. The zero-order chi connectivity index (χ0) is 34.1. The van der Waals surface area contributed by atoms with Gasteiger partial charge in [-0.25, -0.2) is 9.78 Å². The highest BCUT2D eigenvalue weighted by atomic mass is 16.6. The van der Waals surface area contributed by atoms with Crippen LogP contribution in [0.5, 0.6) is 0 Å². The van der Waals surface area contributed by atoms with E-state index in [0.717, 1.165) is 11.1 Å². The number of carboxylic acids is 1. The molecule has 1 amide bonds. The molecule has 17 nitrogen and oxygen atoms in total. The van der Waals surface area contributed by atoms with E-state index >= 15 is 0 Å². The highest BCUT2D eigenvalue weighted by molar-refractivity contribution is 6.31.